The van der Waals surface area contributed by atoms with Crippen LogP contribution in [0.4, 0.5) is 0 Å². The van der Waals surface area contributed by atoms with Crippen LogP contribution >= 0.6 is 0 Å². The van der Waals surface area contributed by atoms with Gasteiger partial charge in [-0.2, -0.15) is 0 Å². The van der Waals surface area contributed by atoms with Crippen LogP contribution in [0.25, 0.3) is 0 Å². The Balaban J connectivity index is 2.65. The van der Waals surface area contributed by atoms with E-state index in [-0.39, 0.29) is 5.75 Å². The molecule has 4 heteroatoms. The minimum atomic E-state index is -0.645. The van der Waals surface area contributed by atoms with Crippen molar-refractivity contribution in [1.29, 1.82) is 0 Å². The molecular weight excluding hydrogens is 170 g/mol. The Morgan fingerprint density at radius 2 is 2.00 bits per heavy atom. The molecule has 4 nitrogen and oxygen atoms in total. The van der Waals surface area contributed by atoms with Crippen LogP contribution in [0.3, 0.4) is 0 Å². The van der Waals surface area contributed by atoms with E-state index in [9.17, 15) is 4.79 Å². The number of esters is 1. The molecule has 13 heavy (non-hydrogen) atoms. The monoisotopic (exact) mass is 181 g/mol. The Morgan fingerprint density at radius 1 is 1.46 bits per heavy atom. The molecule has 0 amide bonds. The maximum Gasteiger partial charge on any atom is 0.328 e. The highest BCUT2D eigenvalue weighted by molar-refractivity contribution is 5.77. The highest BCUT2D eigenvalue weighted by atomic mass is 16.5. The number of ether oxygens (including phenoxy) is 1. The van der Waals surface area contributed by atoms with Crippen molar-refractivity contribution >= 4 is 5.97 Å². The highest BCUT2D eigenvalue weighted by Crippen LogP contribution is 2.15. The Bertz CT molecular complexity index is 292. The molecule has 70 valence electrons. The fourth-order valence-corrected chi connectivity index (χ4v) is 0.723. The van der Waals surface area contributed by atoms with Crippen LogP contribution in [0, 0.1) is 0 Å². The molecule has 1 rings (SSSR count). The Morgan fingerprint density at radius 3 is 2.46 bits per heavy atom. The summed E-state index contributed by atoms with van der Waals surface area (Å²) >= 11 is 0. The van der Waals surface area contributed by atoms with Gasteiger partial charge in [0.15, 0.2) is 0 Å². The summed E-state index contributed by atoms with van der Waals surface area (Å²) in [7, 11) is 0. The molecule has 1 aromatic carbocycles. The first kappa shape index (κ1) is 9.54. The normalized spacial score (nSPS) is 12.2. The quantitative estimate of drug-likeness (QED) is 0.519. The summed E-state index contributed by atoms with van der Waals surface area (Å²) in [5, 5.41) is 8.93. The van der Waals surface area contributed by atoms with E-state index in [0.29, 0.717) is 5.75 Å². The van der Waals surface area contributed by atoms with E-state index in [0.717, 1.165) is 0 Å². The number of benzene rings is 1. The topological polar surface area (TPSA) is 72.6 Å². The third kappa shape index (κ3) is 2.76. The smallest absolute Gasteiger partial charge is 0.328 e. The predicted octanol–water partition coefficient (Wildman–Crippen LogP) is 0.645. The Hall–Kier alpha value is -1.55. The number of carbonyl (C=O) groups excluding carboxylic acids is 1. The second-order valence-corrected chi connectivity index (χ2v) is 2.70. The van der Waals surface area contributed by atoms with E-state index in [4.69, 9.17) is 15.6 Å². The third-order valence-corrected chi connectivity index (χ3v) is 1.43. The molecule has 0 saturated heterocycles. The van der Waals surface area contributed by atoms with Gasteiger partial charge in [-0.05, 0) is 31.2 Å². The van der Waals surface area contributed by atoms with Gasteiger partial charge in [-0.3, -0.25) is 0 Å². The zero-order chi connectivity index (χ0) is 9.84. The van der Waals surface area contributed by atoms with Crippen LogP contribution in [-0.2, 0) is 4.79 Å². The summed E-state index contributed by atoms with van der Waals surface area (Å²) in [6.45, 7) is 1.54. The molecule has 0 aromatic heterocycles. The zero-order valence-corrected chi connectivity index (χ0v) is 7.23. The molecular formula is C9H11NO3. The van der Waals surface area contributed by atoms with Crippen molar-refractivity contribution < 1.29 is 14.6 Å². The molecule has 3 N–H and O–H groups in total. The van der Waals surface area contributed by atoms with Gasteiger partial charge in [-0.15, -0.1) is 0 Å². The zero-order valence-electron chi connectivity index (χ0n) is 7.23. The third-order valence-electron chi connectivity index (χ3n) is 1.43. The molecule has 0 saturated carbocycles. The molecule has 0 fully saturated rings. The number of phenolic OH excluding ortho intramolecular Hbond substituents is 1. The maximum absolute atomic E-state index is 11.0. The molecule has 0 heterocycles. The average molecular weight is 181 g/mol. The molecule has 0 radical (unpaired) electrons. The van der Waals surface area contributed by atoms with Gasteiger partial charge in [0.2, 0.25) is 0 Å². The first-order chi connectivity index (χ1) is 6.09. The molecule has 0 aliphatic carbocycles. The van der Waals surface area contributed by atoms with Crippen LogP contribution in [0.5, 0.6) is 11.5 Å². The summed E-state index contributed by atoms with van der Waals surface area (Å²) in [6, 6.07) is 5.22. The van der Waals surface area contributed by atoms with Crippen molar-refractivity contribution in [3.05, 3.63) is 24.3 Å². The predicted molar refractivity (Wildman–Crippen MR) is 47.4 cm³/mol. The molecule has 0 spiro atoms. The van der Waals surface area contributed by atoms with Gasteiger partial charge in [0, 0.05) is 0 Å². The lowest BCUT2D eigenvalue weighted by atomic mass is 10.3. The van der Waals surface area contributed by atoms with Gasteiger partial charge in [-0.25, -0.2) is 4.79 Å². The summed E-state index contributed by atoms with van der Waals surface area (Å²) in [4.78, 5) is 11.0. The van der Waals surface area contributed by atoms with E-state index >= 15 is 0 Å². The first-order valence-electron chi connectivity index (χ1n) is 3.86. The average Bonchev–Trinajstić information content (AvgIpc) is 2.08. The standard InChI is InChI=1S/C9H11NO3/c1-6(10)9(12)13-8-4-2-7(11)3-5-8/h2-6,11H,10H2,1H3/t6-/m1/s1. The molecule has 0 aliphatic heterocycles. The van der Waals surface area contributed by atoms with Gasteiger partial charge < -0.3 is 15.6 Å². The summed E-state index contributed by atoms with van der Waals surface area (Å²) in [5.41, 5.74) is 5.29. The molecule has 1 aromatic rings. The van der Waals surface area contributed by atoms with Crippen LogP contribution in [0.2, 0.25) is 0 Å². The largest absolute Gasteiger partial charge is 0.508 e. The van der Waals surface area contributed by atoms with Crippen LogP contribution < -0.4 is 10.5 Å². The number of hydrogen-bond donors (Lipinski definition) is 2. The van der Waals surface area contributed by atoms with Crippen molar-refractivity contribution in [2.75, 3.05) is 0 Å². The lowest BCUT2D eigenvalue weighted by Gasteiger charge is -2.05. The fraction of sp³-hybridized carbons (Fsp3) is 0.222. The lowest BCUT2D eigenvalue weighted by Crippen LogP contribution is -2.30. The minimum Gasteiger partial charge on any atom is -0.508 e. The number of aromatic hydroxyl groups is 1. The van der Waals surface area contributed by atoms with Crippen molar-refractivity contribution in [2.45, 2.75) is 13.0 Å². The van der Waals surface area contributed by atoms with Gasteiger partial charge in [0.1, 0.15) is 17.5 Å². The molecule has 0 bridgehead atoms. The van der Waals surface area contributed by atoms with Crippen molar-refractivity contribution in [3.8, 4) is 11.5 Å². The molecule has 1 atom stereocenters. The summed E-state index contributed by atoms with van der Waals surface area (Å²) in [6.07, 6.45) is 0. The van der Waals surface area contributed by atoms with E-state index in [2.05, 4.69) is 0 Å². The van der Waals surface area contributed by atoms with Gasteiger partial charge in [-0.1, -0.05) is 0 Å². The number of nitrogens with two attached hydrogens (primary N) is 1. The van der Waals surface area contributed by atoms with Crippen LogP contribution in [0.1, 0.15) is 6.92 Å². The van der Waals surface area contributed by atoms with Crippen molar-refractivity contribution in [3.63, 3.8) is 0 Å². The first-order valence-corrected chi connectivity index (χ1v) is 3.86. The Kier molecular flexibility index (Phi) is 2.87. The van der Waals surface area contributed by atoms with E-state index in [1.54, 1.807) is 6.92 Å². The van der Waals surface area contributed by atoms with Crippen LogP contribution in [-0.4, -0.2) is 17.1 Å². The van der Waals surface area contributed by atoms with Crippen molar-refractivity contribution in [1.82, 2.24) is 0 Å². The van der Waals surface area contributed by atoms with E-state index < -0.39 is 12.0 Å². The van der Waals surface area contributed by atoms with Gasteiger partial charge in [0.05, 0.1) is 0 Å². The van der Waals surface area contributed by atoms with Crippen molar-refractivity contribution in [2.24, 2.45) is 5.73 Å². The fourth-order valence-electron chi connectivity index (χ4n) is 0.723. The Labute approximate surface area is 75.9 Å². The number of carbonyl (C=O) groups is 1. The lowest BCUT2D eigenvalue weighted by molar-refractivity contribution is -0.135. The van der Waals surface area contributed by atoms with Crippen LogP contribution in [0.15, 0.2) is 24.3 Å². The second-order valence-electron chi connectivity index (χ2n) is 2.70. The number of hydrogen-bond acceptors (Lipinski definition) is 4. The number of rotatable bonds is 2. The molecule has 0 unspecified atom stereocenters. The van der Waals surface area contributed by atoms with Gasteiger partial charge in [0.25, 0.3) is 0 Å². The summed E-state index contributed by atoms with van der Waals surface area (Å²) < 4.78 is 4.86. The maximum atomic E-state index is 11.0. The van der Waals surface area contributed by atoms with E-state index in [1.807, 2.05) is 0 Å². The second kappa shape index (κ2) is 3.91. The number of phenols is 1. The SMILES string of the molecule is C[C@@H](N)C(=O)Oc1ccc(O)cc1. The summed E-state index contributed by atoms with van der Waals surface area (Å²) in [5.74, 6) is 0.00591. The van der Waals surface area contributed by atoms with E-state index in [1.165, 1.54) is 24.3 Å². The van der Waals surface area contributed by atoms with Gasteiger partial charge >= 0.3 is 5.97 Å². The minimum absolute atomic E-state index is 0.126. The highest BCUT2D eigenvalue weighted by Gasteiger charge is 2.09. The molecule has 0 aliphatic rings.